The molecule has 0 fully saturated rings. The lowest BCUT2D eigenvalue weighted by Gasteiger charge is -2.19. The molecule has 0 aromatic heterocycles. The molecule has 0 spiro atoms. The van der Waals surface area contributed by atoms with Crippen molar-refractivity contribution in [2.75, 3.05) is 18.6 Å². The summed E-state index contributed by atoms with van der Waals surface area (Å²) in [5.74, 6) is -1.12. The molecular formula is C11H14FNO3S. The number of anilines is 1. The first-order chi connectivity index (χ1) is 7.86. The number of carbonyl (C=O) groups excluding carboxylic acids is 1. The highest BCUT2D eigenvalue weighted by Crippen LogP contribution is 2.28. The van der Waals surface area contributed by atoms with Gasteiger partial charge in [0.2, 0.25) is 0 Å². The minimum Gasteiger partial charge on any atom is -0.467 e. The standard InChI is InChI=1S/C11H14FNO3S/c1-11(15,10(14)16-2)6-17-9-5-7(12)3-4-8(9)13/h3-5,15H,6,13H2,1-2H3. The molecule has 1 rings (SSSR count). The van der Waals surface area contributed by atoms with Gasteiger partial charge in [0.1, 0.15) is 5.82 Å². The van der Waals surface area contributed by atoms with Gasteiger partial charge in [0.25, 0.3) is 0 Å². The highest BCUT2D eigenvalue weighted by Gasteiger charge is 2.31. The smallest absolute Gasteiger partial charge is 0.338 e. The van der Waals surface area contributed by atoms with E-state index in [1.807, 2.05) is 0 Å². The first-order valence-corrected chi connectivity index (χ1v) is 5.84. The predicted molar refractivity (Wildman–Crippen MR) is 64.2 cm³/mol. The van der Waals surface area contributed by atoms with Crippen LogP contribution in [0.2, 0.25) is 0 Å². The second kappa shape index (κ2) is 5.37. The molecule has 0 aliphatic carbocycles. The molecule has 1 unspecified atom stereocenters. The quantitative estimate of drug-likeness (QED) is 0.486. The van der Waals surface area contributed by atoms with Gasteiger partial charge in [-0.05, 0) is 25.1 Å². The van der Waals surface area contributed by atoms with Crippen molar-refractivity contribution in [2.24, 2.45) is 0 Å². The van der Waals surface area contributed by atoms with Crippen LogP contribution in [0.3, 0.4) is 0 Å². The fourth-order valence-corrected chi connectivity index (χ4v) is 2.12. The van der Waals surface area contributed by atoms with Gasteiger partial charge >= 0.3 is 5.97 Å². The van der Waals surface area contributed by atoms with Crippen LogP contribution in [-0.2, 0) is 9.53 Å². The Balaban J connectivity index is 2.73. The fraction of sp³-hybridized carbons (Fsp3) is 0.364. The summed E-state index contributed by atoms with van der Waals surface area (Å²) < 4.78 is 17.4. The van der Waals surface area contributed by atoms with Crippen molar-refractivity contribution in [3.8, 4) is 0 Å². The Bertz CT molecular complexity index is 423. The van der Waals surface area contributed by atoms with E-state index < -0.39 is 17.4 Å². The zero-order chi connectivity index (χ0) is 13.1. The Hall–Kier alpha value is -1.27. The number of rotatable bonds is 4. The first-order valence-electron chi connectivity index (χ1n) is 4.85. The molecule has 0 heterocycles. The molecule has 3 N–H and O–H groups in total. The van der Waals surface area contributed by atoms with Crippen LogP contribution >= 0.6 is 11.8 Å². The number of methoxy groups -OCH3 is 1. The zero-order valence-corrected chi connectivity index (χ0v) is 10.4. The van der Waals surface area contributed by atoms with Crippen LogP contribution in [0.5, 0.6) is 0 Å². The lowest BCUT2D eigenvalue weighted by Crippen LogP contribution is -2.38. The second-order valence-electron chi connectivity index (χ2n) is 3.74. The lowest BCUT2D eigenvalue weighted by molar-refractivity contribution is -0.158. The molecular weight excluding hydrogens is 245 g/mol. The number of aliphatic hydroxyl groups is 1. The molecule has 94 valence electrons. The van der Waals surface area contributed by atoms with Crippen molar-refractivity contribution in [3.05, 3.63) is 24.0 Å². The topological polar surface area (TPSA) is 72.5 Å². The molecule has 6 heteroatoms. The molecule has 17 heavy (non-hydrogen) atoms. The lowest BCUT2D eigenvalue weighted by atomic mass is 10.1. The Labute approximate surface area is 103 Å². The normalized spacial score (nSPS) is 14.1. The summed E-state index contributed by atoms with van der Waals surface area (Å²) in [5, 5.41) is 9.77. The Morgan fingerprint density at radius 1 is 1.65 bits per heavy atom. The number of hydrogen-bond donors (Lipinski definition) is 2. The largest absolute Gasteiger partial charge is 0.467 e. The van der Waals surface area contributed by atoms with Crippen LogP contribution in [0.4, 0.5) is 10.1 Å². The molecule has 1 aromatic rings. The average molecular weight is 259 g/mol. The summed E-state index contributed by atoms with van der Waals surface area (Å²) in [5.41, 5.74) is 4.42. The number of carbonyl (C=O) groups is 1. The van der Waals surface area contributed by atoms with E-state index in [9.17, 15) is 14.3 Å². The van der Waals surface area contributed by atoms with Gasteiger partial charge in [0.15, 0.2) is 5.60 Å². The first kappa shape index (κ1) is 13.8. The number of benzene rings is 1. The Morgan fingerprint density at radius 3 is 2.88 bits per heavy atom. The number of esters is 1. The van der Waals surface area contributed by atoms with Crippen molar-refractivity contribution in [2.45, 2.75) is 17.4 Å². The van der Waals surface area contributed by atoms with Crippen molar-refractivity contribution < 1.29 is 19.0 Å². The Morgan fingerprint density at radius 2 is 2.29 bits per heavy atom. The van der Waals surface area contributed by atoms with E-state index in [1.165, 1.54) is 32.2 Å². The van der Waals surface area contributed by atoms with Crippen molar-refractivity contribution in [1.29, 1.82) is 0 Å². The van der Waals surface area contributed by atoms with Gasteiger partial charge in [-0.25, -0.2) is 9.18 Å². The van der Waals surface area contributed by atoms with Crippen molar-refractivity contribution >= 4 is 23.4 Å². The molecule has 0 aliphatic heterocycles. The summed E-state index contributed by atoms with van der Waals surface area (Å²) in [7, 11) is 1.19. The molecule has 0 bridgehead atoms. The van der Waals surface area contributed by atoms with E-state index in [1.54, 1.807) is 0 Å². The average Bonchev–Trinajstić information content (AvgIpc) is 2.29. The molecule has 0 amide bonds. The number of ether oxygens (including phenoxy) is 1. The van der Waals surface area contributed by atoms with Crippen LogP contribution in [0.15, 0.2) is 23.1 Å². The molecule has 0 aliphatic rings. The maximum absolute atomic E-state index is 13.0. The number of halogens is 1. The summed E-state index contributed by atoms with van der Waals surface area (Å²) >= 11 is 1.10. The Kier molecular flexibility index (Phi) is 4.36. The van der Waals surface area contributed by atoms with Gasteiger partial charge < -0.3 is 15.6 Å². The van der Waals surface area contributed by atoms with E-state index in [2.05, 4.69) is 4.74 Å². The summed E-state index contributed by atoms with van der Waals surface area (Å²) in [4.78, 5) is 11.7. The van der Waals surface area contributed by atoms with Gasteiger partial charge in [-0.1, -0.05) is 0 Å². The van der Waals surface area contributed by atoms with Gasteiger partial charge in [0, 0.05) is 16.3 Å². The minimum absolute atomic E-state index is 0.0350. The third-order valence-corrected chi connectivity index (χ3v) is 3.48. The van der Waals surface area contributed by atoms with Crippen LogP contribution < -0.4 is 5.73 Å². The summed E-state index contributed by atoms with van der Waals surface area (Å²) in [6.07, 6.45) is 0. The van der Waals surface area contributed by atoms with Crippen LogP contribution in [0.25, 0.3) is 0 Å². The minimum atomic E-state index is -1.63. The number of hydrogen-bond acceptors (Lipinski definition) is 5. The van der Waals surface area contributed by atoms with Crippen LogP contribution in [0.1, 0.15) is 6.92 Å². The van der Waals surface area contributed by atoms with Crippen LogP contribution in [0, 0.1) is 5.82 Å². The maximum Gasteiger partial charge on any atom is 0.338 e. The van der Waals surface area contributed by atoms with Gasteiger partial charge in [-0.3, -0.25) is 0 Å². The van der Waals surface area contributed by atoms with Crippen molar-refractivity contribution in [1.82, 2.24) is 0 Å². The highest BCUT2D eigenvalue weighted by atomic mass is 32.2. The monoisotopic (exact) mass is 259 g/mol. The summed E-state index contributed by atoms with van der Waals surface area (Å²) in [6, 6.07) is 3.94. The number of nitrogen functional groups attached to an aromatic ring is 1. The number of thioether (sulfide) groups is 1. The maximum atomic E-state index is 13.0. The molecule has 1 aromatic carbocycles. The van der Waals surface area contributed by atoms with Gasteiger partial charge in [0.05, 0.1) is 7.11 Å². The third kappa shape index (κ3) is 3.61. The zero-order valence-electron chi connectivity index (χ0n) is 9.57. The van der Waals surface area contributed by atoms with E-state index in [0.29, 0.717) is 10.6 Å². The molecule has 0 saturated carbocycles. The fourth-order valence-electron chi connectivity index (χ4n) is 1.13. The molecule has 1 atom stereocenters. The SMILES string of the molecule is COC(=O)C(C)(O)CSc1cc(F)ccc1N. The van der Waals surface area contributed by atoms with Crippen LogP contribution in [-0.4, -0.2) is 29.5 Å². The second-order valence-corrected chi connectivity index (χ2v) is 4.75. The summed E-state index contributed by atoms with van der Waals surface area (Å²) in [6.45, 7) is 1.33. The molecule has 0 radical (unpaired) electrons. The number of nitrogens with two attached hydrogens (primary N) is 1. The molecule has 0 saturated heterocycles. The van der Waals surface area contributed by atoms with E-state index in [-0.39, 0.29) is 5.75 Å². The highest BCUT2D eigenvalue weighted by molar-refractivity contribution is 7.99. The van der Waals surface area contributed by atoms with E-state index in [0.717, 1.165) is 11.8 Å². The van der Waals surface area contributed by atoms with Gasteiger partial charge in [-0.2, -0.15) is 0 Å². The van der Waals surface area contributed by atoms with Crippen molar-refractivity contribution in [3.63, 3.8) is 0 Å². The van der Waals surface area contributed by atoms with E-state index in [4.69, 9.17) is 5.73 Å². The van der Waals surface area contributed by atoms with Gasteiger partial charge in [-0.15, -0.1) is 11.8 Å². The molecule has 4 nitrogen and oxygen atoms in total. The third-order valence-electron chi connectivity index (χ3n) is 2.11. The predicted octanol–water partition coefficient (Wildman–Crippen LogP) is 1.42. The van der Waals surface area contributed by atoms with E-state index >= 15 is 0 Å².